The molecule has 1 saturated heterocycles. The number of nitrogens with one attached hydrogen (secondary N) is 1. The molecule has 2 amide bonds. The number of aryl methyl sites for hydroxylation is 1. The van der Waals surface area contributed by atoms with E-state index in [1.807, 2.05) is 66.4 Å². The molecule has 0 bridgehead atoms. The van der Waals surface area contributed by atoms with Crippen molar-refractivity contribution >= 4 is 11.8 Å². The first-order chi connectivity index (χ1) is 13.6. The van der Waals surface area contributed by atoms with Crippen molar-refractivity contribution < 1.29 is 14.3 Å². The highest BCUT2D eigenvalue weighted by atomic mass is 16.5. The molecule has 5 heteroatoms. The number of piperidine rings is 1. The third-order valence-corrected chi connectivity index (χ3v) is 5.04. The molecule has 5 nitrogen and oxygen atoms in total. The quantitative estimate of drug-likeness (QED) is 0.747. The number of hydrogen-bond donors (Lipinski definition) is 1. The van der Waals surface area contributed by atoms with Crippen LogP contribution in [-0.4, -0.2) is 42.5 Å². The smallest absolute Gasteiger partial charge is 0.251 e. The third kappa shape index (κ3) is 5.84. The number of amides is 2. The van der Waals surface area contributed by atoms with Crippen LogP contribution in [0.15, 0.2) is 54.6 Å². The highest BCUT2D eigenvalue weighted by Gasteiger charge is 2.23. The van der Waals surface area contributed by atoms with E-state index in [-0.39, 0.29) is 17.9 Å². The second-order valence-electron chi connectivity index (χ2n) is 7.26. The zero-order valence-corrected chi connectivity index (χ0v) is 16.4. The van der Waals surface area contributed by atoms with Crippen LogP contribution >= 0.6 is 0 Å². The zero-order chi connectivity index (χ0) is 19.8. The Hall–Kier alpha value is -2.82. The van der Waals surface area contributed by atoms with E-state index in [4.69, 9.17) is 4.74 Å². The number of nitrogens with zero attached hydrogens (tertiary/aromatic N) is 1. The summed E-state index contributed by atoms with van der Waals surface area (Å²) >= 11 is 0. The molecule has 3 rings (SSSR count). The van der Waals surface area contributed by atoms with Crippen molar-refractivity contribution in [2.75, 3.05) is 19.7 Å². The lowest BCUT2D eigenvalue weighted by Gasteiger charge is -2.32. The summed E-state index contributed by atoms with van der Waals surface area (Å²) in [5, 5.41) is 3.09. The van der Waals surface area contributed by atoms with Crippen molar-refractivity contribution in [2.24, 2.45) is 0 Å². The minimum absolute atomic E-state index is 0.0390. The van der Waals surface area contributed by atoms with Gasteiger partial charge in [0.05, 0.1) is 6.61 Å². The Balaban J connectivity index is 1.34. The molecule has 1 aliphatic heterocycles. The van der Waals surface area contributed by atoms with Gasteiger partial charge in [-0.1, -0.05) is 35.9 Å². The Kier molecular flexibility index (Phi) is 7.06. The summed E-state index contributed by atoms with van der Waals surface area (Å²) in [6.07, 6.45) is 2.79. The molecule has 2 aromatic rings. The lowest BCUT2D eigenvalue weighted by Crippen LogP contribution is -2.46. The van der Waals surface area contributed by atoms with E-state index in [0.29, 0.717) is 38.1 Å². The fraction of sp³-hybridized carbons (Fsp3) is 0.391. The zero-order valence-electron chi connectivity index (χ0n) is 16.4. The number of ether oxygens (including phenoxy) is 1. The Labute approximate surface area is 166 Å². The molecule has 0 aliphatic carbocycles. The van der Waals surface area contributed by atoms with Crippen molar-refractivity contribution in [2.45, 2.75) is 38.6 Å². The molecule has 0 saturated carbocycles. The van der Waals surface area contributed by atoms with Crippen LogP contribution in [0.1, 0.15) is 41.6 Å². The average molecular weight is 380 g/mol. The van der Waals surface area contributed by atoms with Crippen LogP contribution in [0.5, 0.6) is 5.75 Å². The molecule has 1 fully saturated rings. The van der Waals surface area contributed by atoms with E-state index in [0.717, 1.165) is 24.2 Å². The maximum absolute atomic E-state index is 12.4. The number of hydrogen-bond acceptors (Lipinski definition) is 3. The van der Waals surface area contributed by atoms with E-state index in [1.54, 1.807) is 0 Å². The van der Waals surface area contributed by atoms with Gasteiger partial charge in [-0.3, -0.25) is 9.59 Å². The summed E-state index contributed by atoms with van der Waals surface area (Å²) in [5.74, 6) is 0.961. The van der Waals surface area contributed by atoms with Gasteiger partial charge in [0.1, 0.15) is 5.75 Å². The average Bonchev–Trinajstić information content (AvgIpc) is 2.73. The topological polar surface area (TPSA) is 58.6 Å². The Morgan fingerprint density at radius 3 is 2.39 bits per heavy atom. The molecular weight excluding hydrogens is 352 g/mol. The Morgan fingerprint density at radius 1 is 1.04 bits per heavy atom. The summed E-state index contributed by atoms with van der Waals surface area (Å²) in [4.78, 5) is 26.6. The molecule has 0 unspecified atom stereocenters. The van der Waals surface area contributed by atoms with E-state index >= 15 is 0 Å². The molecule has 0 radical (unpaired) electrons. The van der Waals surface area contributed by atoms with Gasteiger partial charge in [0, 0.05) is 31.1 Å². The summed E-state index contributed by atoms with van der Waals surface area (Å²) in [5.41, 5.74) is 1.82. The third-order valence-electron chi connectivity index (χ3n) is 5.04. The van der Waals surface area contributed by atoms with Gasteiger partial charge in [-0.25, -0.2) is 0 Å². The molecule has 148 valence electrons. The minimum Gasteiger partial charge on any atom is -0.494 e. The van der Waals surface area contributed by atoms with Crippen LogP contribution in [0.2, 0.25) is 0 Å². The summed E-state index contributed by atoms with van der Waals surface area (Å²) < 4.78 is 5.64. The normalized spacial score (nSPS) is 14.5. The molecule has 1 heterocycles. The molecule has 0 aromatic heterocycles. The number of carbonyl (C=O) groups excluding carboxylic acids is 2. The SMILES string of the molecule is Cc1ccc(C(=O)NC2CCN(C(=O)CCCOc3ccccc3)CC2)cc1. The van der Waals surface area contributed by atoms with Crippen LogP contribution in [0.25, 0.3) is 0 Å². The first kappa shape index (κ1) is 19.9. The number of rotatable bonds is 7. The van der Waals surface area contributed by atoms with Crippen LogP contribution in [0, 0.1) is 6.92 Å². The molecule has 0 atom stereocenters. The van der Waals surface area contributed by atoms with Crippen LogP contribution in [-0.2, 0) is 4.79 Å². The number of likely N-dealkylation sites (tertiary alicyclic amines) is 1. The van der Waals surface area contributed by atoms with Gasteiger partial charge >= 0.3 is 0 Å². The van der Waals surface area contributed by atoms with Crippen molar-refractivity contribution in [3.63, 3.8) is 0 Å². The molecule has 1 aliphatic rings. The van der Waals surface area contributed by atoms with Gasteiger partial charge in [0.2, 0.25) is 5.91 Å². The minimum atomic E-state index is -0.0390. The predicted octanol–water partition coefficient (Wildman–Crippen LogP) is 3.58. The standard InChI is InChI=1S/C23H28N2O3/c1-18-9-11-19(12-10-18)23(27)24-20-13-15-25(16-14-20)22(26)8-5-17-28-21-6-3-2-4-7-21/h2-4,6-7,9-12,20H,5,8,13-17H2,1H3,(H,24,27). The first-order valence-corrected chi connectivity index (χ1v) is 9.95. The Bertz CT molecular complexity index is 766. The lowest BCUT2D eigenvalue weighted by atomic mass is 10.0. The maximum Gasteiger partial charge on any atom is 0.251 e. The summed E-state index contributed by atoms with van der Waals surface area (Å²) in [6, 6.07) is 17.3. The van der Waals surface area contributed by atoms with Crippen molar-refractivity contribution in [3.05, 3.63) is 65.7 Å². The molecule has 28 heavy (non-hydrogen) atoms. The second-order valence-corrected chi connectivity index (χ2v) is 7.26. The number of carbonyl (C=O) groups is 2. The monoisotopic (exact) mass is 380 g/mol. The van der Waals surface area contributed by atoms with Gasteiger partial charge in [0.15, 0.2) is 0 Å². The highest BCUT2D eigenvalue weighted by Crippen LogP contribution is 2.14. The lowest BCUT2D eigenvalue weighted by molar-refractivity contribution is -0.132. The Morgan fingerprint density at radius 2 is 1.71 bits per heavy atom. The van der Waals surface area contributed by atoms with Gasteiger partial charge in [-0.15, -0.1) is 0 Å². The number of para-hydroxylation sites is 1. The molecule has 2 aromatic carbocycles. The fourth-order valence-corrected chi connectivity index (χ4v) is 3.34. The first-order valence-electron chi connectivity index (χ1n) is 9.95. The second kappa shape index (κ2) is 9.93. The van der Waals surface area contributed by atoms with Gasteiger partial charge in [-0.2, -0.15) is 0 Å². The molecule has 1 N–H and O–H groups in total. The fourth-order valence-electron chi connectivity index (χ4n) is 3.34. The van der Waals surface area contributed by atoms with Crippen molar-refractivity contribution in [3.8, 4) is 5.75 Å². The summed E-state index contributed by atoms with van der Waals surface area (Å²) in [7, 11) is 0. The van der Waals surface area contributed by atoms with E-state index in [2.05, 4.69) is 5.32 Å². The number of benzene rings is 2. The maximum atomic E-state index is 12.4. The van der Waals surface area contributed by atoms with Crippen LogP contribution < -0.4 is 10.1 Å². The highest BCUT2D eigenvalue weighted by molar-refractivity contribution is 5.94. The molecule has 0 spiro atoms. The largest absolute Gasteiger partial charge is 0.494 e. The van der Waals surface area contributed by atoms with Crippen LogP contribution in [0.3, 0.4) is 0 Å². The van der Waals surface area contributed by atoms with E-state index < -0.39 is 0 Å². The van der Waals surface area contributed by atoms with Crippen molar-refractivity contribution in [1.29, 1.82) is 0 Å². The van der Waals surface area contributed by atoms with Gasteiger partial charge in [0.25, 0.3) is 5.91 Å². The van der Waals surface area contributed by atoms with Crippen molar-refractivity contribution in [1.82, 2.24) is 10.2 Å². The van der Waals surface area contributed by atoms with E-state index in [1.165, 1.54) is 0 Å². The summed E-state index contributed by atoms with van der Waals surface area (Å²) in [6.45, 7) is 3.93. The van der Waals surface area contributed by atoms with Gasteiger partial charge < -0.3 is 15.0 Å². The predicted molar refractivity (Wildman–Crippen MR) is 109 cm³/mol. The van der Waals surface area contributed by atoms with Gasteiger partial charge in [-0.05, 0) is 50.5 Å². The van der Waals surface area contributed by atoms with E-state index in [9.17, 15) is 9.59 Å². The van der Waals surface area contributed by atoms with Crippen LogP contribution in [0.4, 0.5) is 0 Å². The molecular formula is C23H28N2O3.